The molecule has 2 aromatic carbocycles. The zero-order valence-electron chi connectivity index (χ0n) is 12.9. The van der Waals surface area contributed by atoms with Crippen molar-refractivity contribution < 1.29 is 9.47 Å². The molecular formula is C17H19ClN2O2S. The molecule has 0 spiro atoms. The SMILES string of the molecule is COc1ccccc1CN=C(N)SCCOc1ccccc1Cl. The highest BCUT2D eigenvalue weighted by molar-refractivity contribution is 8.13. The molecule has 4 nitrogen and oxygen atoms in total. The van der Waals surface area contributed by atoms with Crippen LogP contribution in [0.4, 0.5) is 0 Å². The Morgan fingerprint density at radius 1 is 1.13 bits per heavy atom. The van der Waals surface area contributed by atoms with Crippen molar-refractivity contribution in [1.29, 1.82) is 0 Å². The monoisotopic (exact) mass is 350 g/mol. The van der Waals surface area contributed by atoms with Gasteiger partial charge in [-0.2, -0.15) is 0 Å². The zero-order valence-corrected chi connectivity index (χ0v) is 14.4. The molecule has 2 rings (SSSR count). The lowest BCUT2D eigenvalue weighted by atomic mass is 10.2. The zero-order chi connectivity index (χ0) is 16.5. The van der Waals surface area contributed by atoms with Gasteiger partial charge < -0.3 is 15.2 Å². The lowest BCUT2D eigenvalue weighted by molar-refractivity contribution is 0.344. The molecule has 0 radical (unpaired) electrons. The van der Waals surface area contributed by atoms with Crippen LogP contribution in [0, 0.1) is 0 Å². The molecule has 0 aliphatic rings. The molecule has 0 saturated heterocycles. The van der Waals surface area contributed by atoms with Crippen molar-refractivity contribution in [2.75, 3.05) is 19.5 Å². The molecule has 0 unspecified atom stereocenters. The molecule has 0 bridgehead atoms. The molecule has 0 amide bonds. The molecule has 0 aliphatic heterocycles. The second-order valence-electron chi connectivity index (χ2n) is 4.59. The molecule has 0 atom stereocenters. The number of halogens is 1. The Morgan fingerprint density at radius 2 is 1.83 bits per heavy atom. The van der Waals surface area contributed by atoms with Crippen LogP contribution in [0.25, 0.3) is 0 Å². The van der Waals surface area contributed by atoms with E-state index in [1.165, 1.54) is 11.8 Å². The van der Waals surface area contributed by atoms with Gasteiger partial charge in [-0.15, -0.1) is 0 Å². The number of thioether (sulfide) groups is 1. The lowest BCUT2D eigenvalue weighted by Crippen LogP contribution is -2.11. The maximum atomic E-state index is 6.02. The standard InChI is InChI=1S/C17H19ClN2O2S/c1-21-15-8-4-2-6-13(15)12-20-17(19)23-11-10-22-16-9-5-3-7-14(16)18/h2-9H,10-12H2,1H3,(H2,19,20). The number of ether oxygens (including phenoxy) is 2. The number of nitrogens with two attached hydrogens (primary N) is 1. The molecule has 2 aromatic rings. The van der Waals surface area contributed by atoms with Crippen molar-refractivity contribution in [3.05, 3.63) is 59.1 Å². The predicted octanol–water partition coefficient (Wildman–Crippen LogP) is 3.98. The summed E-state index contributed by atoms with van der Waals surface area (Å²) in [6.07, 6.45) is 0. The van der Waals surface area contributed by atoms with Gasteiger partial charge in [0.05, 0.1) is 25.3 Å². The molecule has 0 heterocycles. The first-order chi connectivity index (χ1) is 11.2. The summed E-state index contributed by atoms with van der Waals surface area (Å²) < 4.78 is 10.9. The van der Waals surface area contributed by atoms with Gasteiger partial charge in [0.1, 0.15) is 11.5 Å². The number of methoxy groups -OCH3 is 1. The predicted molar refractivity (Wildman–Crippen MR) is 97.7 cm³/mol. The van der Waals surface area contributed by atoms with Gasteiger partial charge in [-0.1, -0.05) is 53.7 Å². The van der Waals surface area contributed by atoms with Crippen molar-refractivity contribution in [2.45, 2.75) is 6.54 Å². The van der Waals surface area contributed by atoms with Crippen LogP contribution in [0.15, 0.2) is 53.5 Å². The van der Waals surface area contributed by atoms with Gasteiger partial charge in [-0.25, -0.2) is 0 Å². The van der Waals surface area contributed by atoms with Crippen LogP contribution in [-0.2, 0) is 6.54 Å². The van der Waals surface area contributed by atoms with Crippen molar-refractivity contribution in [3.8, 4) is 11.5 Å². The minimum Gasteiger partial charge on any atom is -0.496 e. The molecule has 23 heavy (non-hydrogen) atoms. The van der Waals surface area contributed by atoms with Crippen LogP contribution in [0.1, 0.15) is 5.56 Å². The third-order valence-electron chi connectivity index (χ3n) is 3.03. The third kappa shape index (κ3) is 5.69. The van der Waals surface area contributed by atoms with E-state index in [-0.39, 0.29) is 0 Å². The van der Waals surface area contributed by atoms with Gasteiger partial charge in [0.15, 0.2) is 5.17 Å². The number of hydrogen-bond acceptors (Lipinski definition) is 4. The lowest BCUT2D eigenvalue weighted by Gasteiger charge is -2.08. The first-order valence-electron chi connectivity index (χ1n) is 7.12. The second kappa shape index (κ2) is 9.33. The quantitative estimate of drug-likeness (QED) is 0.466. The highest BCUT2D eigenvalue weighted by atomic mass is 35.5. The Bertz CT molecular complexity index is 665. The molecule has 0 fully saturated rings. The van der Waals surface area contributed by atoms with Crippen LogP contribution in [0.3, 0.4) is 0 Å². The Kier molecular flexibility index (Phi) is 7.10. The molecular weight excluding hydrogens is 332 g/mol. The Balaban J connectivity index is 1.76. The summed E-state index contributed by atoms with van der Waals surface area (Å²) in [5.74, 6) is 2.20. The van der Waals surface area contributed by atoms with E-state index >= 15 is 0 Å². The van der Waals surface area contributed by atoms with E-state index in [9.17, 15) is 0 Å². The van der Waals surface area contributed by atoms with Gasteiger partial charge in [0.25, 0.3) is 0 Å². The average Bonchev–Trinajstić information content (AvgIpc) is 2.58. The fourth-order valence-corrected chi connectivity index (χ4v) is 2.62. The number of benzene rings is 2. The van der Waals surface area contributed by atoms with Crippen molar-refractivity contribution in [3.63, 3.8) is 0 Å². The summed E-state index contributed by atoms with van der Waals surface area (Å²) in [4.78, 5) is 4.36. The van der Waals surface area contributed by atoms with E-state index in [4.69, 9.17) is 26.8 Å². The molecule has 0 saturated carbocycles. The van der Waals surface area contributed by atoms with Gasteiger partial charge in [0.2, 0.25) is 0 Å². The van der Waals surface area contributed by atoms with Gasteiger partial charge in [0, 0.05) is 11.3 Å². The summed E-state index contributed by atoms with van der Waals surface area (Å²) in [5, 5.41) is 1.13. The number of hydrogen-bond donors (Lipinski definition) is 1. The molecule has 122 valence electrons. The normalized spacial score (nSPS) is 11.3. The van der Waals surface area contributed by atoms with E-state index < -0.39 is 0 Å². The average molecular weight is 351 g/mol. The minimum absolute atomic E-state index is 0.494. The van der Waals surface area contributed by atoms with E-state index in [1.807, 2.05) is 42.5 Å². The first-order valence-corrected chi connectivity index (χ1v) is 8.49. The summed E-state index contributed by atoms with van der Waals surface area (Å²) in [6, 6.07) is 15.2. The fraction of sp³-hybridized carbons (Fsp3) is 0.235. The fourth-order valence-electron chi connectivity index (χ4n) is 1.90. The Labute approximate surface area is 145 Å². The maximum Gasteiger partial charge on any atom is 0.154 e. The van der Waals surface area contributed by atoms with Crippen LogP contribution in [0.5, 0.6) is 11.5 Å². The maximum absolute atomic E-state index is 6.02. The van der Waals surface area contributed by atoms with E-state index in [1.54, 1.807) is 13.2 Å². The van der Waals surface area contributed by atoms with E-state index in [0.717, 1.165) is 11.3 Å². The summed E-state index contributed by atoms with van der Waals surface area (Å²) in [7, 11) is 1.65. The number of nitrogens with zero attached hydrogens (tertiary/aromatic N) is 1. The molecule has 0 aromatic heterocycles. The number of aliphatic imine (C=N–C) groups is 1. The summed E-state index contributed by atoms with van der Waals surface area (Å²) in [5.41, 5.74) is 6.92. The van der Waals surface area contributed by atoms with Crippen LogP contribution < -0.4 is 15.2 Å². The smallest absolute Gasteiger partial charge is 0.154 e. The largest absolute Gasteiger partial charge is 0.496 e. The molecule has 6 heteroatoms. The van der Waals surface area contributed by atoms with Crippen LogP contribution in [-0.4, -0.2) is 24.6 Å². The topological polar surface area (TPSA) is 56.8 Å². The number of amidine groups is 1. The Hall–Kier alpha value is -1.85. The number of para-hydroxylation sites is 2. The second-order valence-corrected chi connectivity index (χ2v) is 6.12. The third-order valence-corrected chi connectivity index (χ3v) is 4.13. The van der Waals surface area contributed by atoms with Crippen LogP contribution in [0.2, 0.25) is 5.02 Å². The van der Waals surface area contributed by atoms with Gasteiger partial charge in [-0.05, 0) is 18.2 Å². The minimum atomic E-state index is 0.494. The van der Waals surface area contributed by atoms with Crippen LogP contribution >= 0.6 is 23.4 Å². The van der Waals surface area contributed by atoms with Crippen molar-refractivity contribution in [1.82, 2.24) is 0 Å². The van der Waals surface area contributed by atoms with Gasteiger partial charge >= 0.3 is 0 Å². The summed E-state index contributed by atoms with van der Waals surface area (Å²) in [6.45, 7) is 1.01. The highest BCUT2D eigenvalue weighted by Gasteiger charge is 2.02. The first kappa shape index (κ1) is 17.5. The van der Waals surface area contributed by atoms with E-state index in [2.05, 4.69) is 4.99 Å². The molecule has 0 aliphatic carbocycles. The van der Waals surface area contributed by atoms with Crippen molar-refractivity contribution in [2.24, 2.45) is 10.7 Å². The Morgan fingerprint density at radius 3 is 2.57 bits per heavy atom. The molecule has 2 N–H and O–H groups in total. The number of rotatable bonds is 7. The highest BCUT2D eigenvalue weighted by Crippen LogP contribution is 2.23. The summed E-state index contributed by atoms with van der Waals surface area (Å²) >= 11 is 7.47. The van der Waals surface area contributed by atoms with E-state index in [0.29, 0.717) is 34.8 Å². The van der Waals surface area contributed by atoms with Crippen molar-refractivity contribution >= 4 is 28.5 Å². The van der Waals surface area contributed by atoms with Gasteiger partial charge in [-0.3, -0.25) is 4.99 Å².